The Labute approximate surface area is 177 Å². The molecule has 2 heterocycles. The van der Waals surface area contributed by atoms with Crippen molar-refractivity contribution >= 4 is 5.91 Å². The van der Waals surface area contributed by atoms with E-state index in [2.05, 4.69) is 54.9 Å². The molecule has 0 spiro atoms. The Bertz CT molecular complexity index is 1080. The summed E-state index contributed by atoms with van der Waals surface area (Å²) in [5, 5.41) is 3.09. The van der Waals surface area contributed by atoms with Crippen molar-refractivity contribution in [2.24, 2.45) is 0 Å². The van der Waals surface area contributed by atoms with Crippen LogP contribution in [0.4, 0.5) is 0 Å². The van der Waals surface area contributed by atoms with Gasteiger partial charge in [0.15, 0.2) is 11.5 Å². The van der Waals surface area contributed by atoms with E-state index in [0.717, 1.165) is 40.4 Å². The number of carbonyl (C=O) groups excluding carboxylic acids is 1. The summed E-state index contributed by atoms with van der Waals surface area (Å²) in [6, 6.07) is 14.2. The SMILES string of the molecule is CCc1c(C)c(C(=O)NCc2ccc3c(c2)OCO3)n(Cc2ccc(C)cc2)c1C. The van der Waals surface area contributed by atoms with Gasteiger partial charge in [-0.15, -0.1) is 0 Å². The number of hydrogen-bond donors (Lipinski definition) is 1. The van der Waals surface area contributed by atoms with Crippen LogP contribution in [0, 0.1) is 20.8 Å². The Hall–Kier alpha value is -3.21. The van der Waals surface area contributed by atoms with Crippen molar-refractivity contribution in [3.63, 3.8) is 0 Å². The van der Waals surface area contributed by atoms with Crippen LogP contribution in [0.5, 0.6) is 11.5 Å². The van der Waals surface area contributed by atoms with E-state index in [1.54, 1.807) is 0 Å². The zero-order valence-corrected chi connectivity index (χ0v) is 18.0. The van der Waals surface area contributed by atoms with Crippen LogP contribution in [0.1, 0.15) is 50.9 Å². The molecule has 1 aromatic heterocycles. The average Bonchev–Trinajstić information content (AvgIpc) is 3.30. The Morgan fingerprint density at radius 1 is 1.00 bits per heavy atom. The monoisotopic (exact) mass is 404 g/mol. The average molecular weight is 405 g/mol. The molecule has 0 atom stereocenters. The third-order valence-corrected chi connectivity index (χ3v) is 5.84. The molecule has 3 aromatic rings. The van der Waals surface area contributed by atoms with Gasteiger partial charge in [-0.2, -0.15) is 0 Å². The number of aromatic nitrogens is 1. The minimum Gasteiger partial charge on any atom is -0.454 e. The van der Waals surface area contributed by atoms with Crippen molar-refractivity contribution < 1.29 is 14.3 Å². The van der Waals surface area contributed by atoms with Crippen LogP contribution in [0.15, 0.2) is 42.5 Å². The van der Waals surface area contributed by atoms with Gasteiger partial charge in [0.2, 0.25) is 6.79 Å². The number of ether oxygens (including phenoxy) is 2. The number of carbonyl (C=O) groups is 1. The fourth-order valence-electron chi connectivity index (χ4n) is 4.15. The van der Waals surface area contributed by atoms with E-state index in [4.69, 9.17) is 9.47 Å². The van der Waals surface area contributed by atoms with Crippen LogP contribution in [0.25, 0.3) is 0 Å². The molecule has 0 saturated carbocycles. The zero-order valence-electron chi connectivity index (χ0n) is 18.0. The Morgan fingerprint density at radius 3 is 2.43 bits per heavy atom. The van der Waals surface area contributed by atoms with Crippen LogP contribution >= 0.6 is 0 Å². The van der Waals surface area contributed by atoms with E-state index in [-0.39, 0.29) is 12.7 Å². The first kappa shape index (κ1) is 20.1. The van der Waals surface area contributed by atoms with Gasteiger partial charge in [0.05, 0.1) is 0 Å². The first-order valence-corrected chi connectivity index (χ1v) is 10.4. The van der Waals surface area contributed by atoms with Crippen molar-refractivity contribution in [2.75, 3.05) is 6.79 Å². The van der Waals surface area contributed by atoms with Gasteiger partial charge in [-0.05, 0) is 61.6 Å². The van der Waals surface area contributed by atoms with E-state index in [9.17, 15) is 4.79 Å². The number of rotatable bonds is 6. The Kier molecular flexibility index (Phi) is 5.53. The summed E-state index contributed by atoms with van der Waals surface area (Å²) < 4.78 is 12.9. The largest absolute Gasteiger partial charge is 0.454 e. The topological polar surface area (TPSA) is 52.5 Å². The van der Waals surface area contributed by atoms with Crippen LogP contribution in [0.2, 0.25) is 0 Å². The first-order chi connectivity index (χ1) is 14.5. The molecule has 1 N–H and O–H groups in total. The molecular weight excluding hydrogens is 376 g/mol. The third-order valence-electron chi connectivity index (χ3n) is 5.84. The predicted molar refractivity (Wildman–Crippen MR) is 117 cm³/mol. The molecule has 0 radical (unpaired) electrons. The molecule has 0 bridgehead atoms. The molecule has 30 heavy (non-hydrogen) atoms. The van der Waals surface area contributed by atoms with E-state index >= 15 is 0 Å². The number of nitrogens with one attached hydrogen (secondary N) is 1. The quantitative estimate of drug-likeness (QED) is 0.649. The van der Waals surface area contributed by atoms with Gasteiger partial charge in [0, 0.05) is 18.8 Å². The molecule has 1 amide bonds. The molecular formula is C25H28N2O3. The molecule has 0 saturated heterocycles. The number of amides is 1. The molecule has 2 aromatic carbocycles. The van der Waals surface area contributed by atoms with Crippen LogP contribution in [-0.2, 0) is 19.5 Å². The fourth-order valence-corrected chi connectivity index (χ4v) is 4.15. The maximum atomic E-state index is 13.2. The lowest BCUT2D eigenvalue weighted by molar-refractivity contribution is 0.0941. The normalized spacial score (nSPS) is 12.3. The van der Waals surface area contributed by atoms with Crippen LogP contribution < -0.4 is 14.8 Å². The second kappa shape index (κ2) is 8.27. The van der Waals surface area contributed by atoms with Gasteiger partial charge < -0.3 is 19.4 Å². The molecule has 0 fully saturated rings. The highest BCUT2D eigenvalue weighted by Gasteiger charge is 2.22. The molecule has 1 aliphatic heterocycles. The highest BCUT2D eigenvalue weighted by atomic mass is 16.7. The summed E-state index contributed by atoms with van der Waals surface area (Å²) in [5.74, 6) is 1.42. The molecule has 0 unspecified atom stereocenters. The number of fused-ring (bicyclic) bond motifs is 1. The number of aryl methyl sites for hydroxylation is 1. The highest BCUT2D eigenvalue weighted by molar-refractivity contribution is 5.95. The lowest BCUT2D eigenvalue weighted by Gasteiger charge is -2.13. The molecule has 0 aliphatic carbocycles. The maximum Gasteiger partial charge on any atom is 0.268 e. The summed E-state index contributed by atoms with van der Waals surface area (Å²) in [4.78, 5) is 13.2. The predicted octanol–water partition coefficient (Wildman–Crippen LogP) is 4.68. The highest BCUT2D eigenvalue weighted by Crippen LogP contribution is 2.32. The first-order valence-electron chi connectivity index (χ1n) is 10.4. The van der Waals surface area contributed by atoms with Crippen molar-refractivity contribution in [2.45, 2.75) is 47.2 Å². The van der Waals surface area contributed by atoms with Gasteiger partial charge in [-0.3, -0.25) is 4.79 Å². The number of nitrogens with zero attached hydrogens (tertiary/aromatic N) is 1. The molecule has 5 heteroatoms. The van der Waals surface area contributed by atoms with Gasteiger partial charge in [-0.25, -0.2) is 0 Å². The standard InChI is InChI=1S/C25H28N2O3/c1-5-21-17(3)24(27(18(21)4)14-19-8-6-16(2)7-9-19)25(28)26-13-20-10-11-22-23(12-20)30-15-29-22/h6-12H,5,13-15H2,1-4H3,(H,26,28). The summed E-state index contributed by atoms with van der Waals surface area (Å²) in [5.41, 5.74) is 7.60. The number of hydrogen-bond acceptors (Lipinski definition) is 3. The fraction of sp³-hybridized carbons (Fsp3) is 0.320. The summed E-state index contributed by atoms with van der Waals surface area (Å²) >= 11 is 0. The van der Waals surface area contributed by atoms with E-state index in [1.807, 2.05) is 25.1 Å². The van der Waals surface area contributed by atoms with Crippen LogP contribution in [-0.4, -0.2) is 17.3 Å². The van der Waals surface area contributed by atoms with Crippen molar-refractivity contribution in [3.8, 4) is 11.5 Å². The van der Waals surface area contributed by atoms with Gasteiger partial charge in [0.1, 0.15) is 5.69 Å². The van der Waals surface area contributed by atoms with Crippen molar-refractivity contribution in [3.05, 3.63) is 81.7 Å². The Balaban J connectivity index is 1.58. The smallest absolute Gasteiger partial charge is 0.268 e. The molecule has 4 rings (SSSR count). The van der Waals surface area contributed by atoms with Gasteiger partial charge >= 0.3 is 0 Å². The zero-order chi connectivity index (χ0) is 21.3. The second-order valence-electron chi connectivity index (χ2n) is 7.83. The van der Waals surface area contributed by atoms with E-state index < -0.39 is 0 Å². The molecule has 1 aliphatic rings. The lowest BCUT2D eigenvalue weighted by Crippen LogP contribution is -2.26. The molecule has 5 nitrogen and oxygen atoms in total. The van der Waals surface area contributed by atoms with Crippen molar-refractivity contribution in [1.82, 2.24) is 9.88 Å². The van der Waals surface area contributed by atoms with Crippen LogP contribution in [0.3, 0.4) is 0 Å². The Morgan fingerprint density at radius 2 is 1.70 bits per heavy atom. The van der Waals surface area contributed by atoms with Crippen molar-refractivity contribution in [1.29, 1.82) is 0 Å². The minimum atomic E-state index is -0.0555. The third kappa shape index (κ3) is 3.80. The molecule has 156 valence electrons. The second-order valence-corrected chi connectivity index (χ2v) is 7.83. The summed E-state index contributed by atoms with van der Waals surface area (Å²) in [7, 11) is 0. The lowest BCUT2D eigenvalue weighted by atomic mass is 10.1. The van der Waals surface area contributed by atoms with E-state index in [1.165, 1.54) is 16.7 Å². The summed E-state index contributed by atoms with van der Waals surface area (Å²) in [6.07, 6.45) is 0.904. The maximum absolute atomic E-state index is 13.2. The minimum absolute atomic E-state index is 0.0555. The summed E-state index contributed by atoms with van der Waals surface area (Å²) in [6.45, 7) is 9.74. The van der Waals surface area contributed by atoms with Gasteiger partial charge in [-0.1, -0.05) is 42.8 Å². The number of benzene rings is 2. The van der Waals surface area contributed by atoms with E-state index in [0.29, 0.717) is 13.1 Å². The van der Waals surface area contributed by atoms with Gasteiger partial charge in [0.25, 0.3) is 5.91 Å².